The Hall–Kier alpha value is -1.50. The molecule has 0 aromatic rings. The maximum atomic E-state index is 12.1. The number of hydrogen-bond donors (Lipinski definition) is 1. The molecule has 0 bridgehead atoms. The van der Waals surface area contributed by atoms with Crippen molar-refractivity contribution in [3.63, 3.8) is 0 Å². The lowest BCUT2D eigenvalue weighted by Crippen LogP contribution is -2.53. The number of nitrogens with two attached hydrogens (primary N) is 1. The average Bonchev–Trinajstić information content (AvgIpc) is 2.64. The van der Waals surface area contributed by atoms with Crippen molar-refractivity contribution in [2.45, 2.75) is 64.9 Å². The third-order valence-electron chi connectivity index (χ3n) is 5.11. The molecule has 7 nitrogen and oxygen atoms in total. The van der Waals surface area contributed by atoms with Crippen LogP contribution in [0, 0.1) is 0 Å². The number of carbonyl (C=O) groups excluding carboxylic acids is 1. The maximum absolute atomic E-state index is 12.1. The molecule has 7 heteroatoms. The fourth-order valence-electron chi connectivity index (χ4n) is 3.55. The van der Waals surface area contributed by atoms with Crippen LogP contribution in [0.5, 0.6) is 0 Å². The van der Waals surface area contributed by atoms with Crippen LogP contribution in [0.3, 0.4) is 0 Å². The predicted molar refractivity (Wildman–Crippen MR) is 110 cm³/mol. The van der Waals surface area contributed by atoms with Crippen molar-refractivity contribution in [2.24, 2.45) is 10.7 Å². The lowest BCUT2D eigenvalue weighted by molar-refractivity contribution is 0.0186. The summed E-state index contributed by atoms with van der Waals surface area (Å²) in [6.45, 7) is 12.9. The molecule has 0 atom stereocenters. The molecule has 2 N–H and O–H groups in total. The largest absolute Gasteiger partial charge is 0.444 e. The van der Waals surface area contributed by atoms with E-state index < -0.39 is 5.60 Å². The van der Waals surface area contributed by atoms with Gasteiger partial charge in [0.15, 0.2) is 5.96 Å². The Kier molecular flexibility index (Phi) is 8.67. The summed E-state index contributed by atoms with van der Waals surface area (Å²) >= 11 is 0. The number of guanidine groups is 1. The smallest absolute Gasteiger partial charge is 0.410 e. The van der Waals surface area contributed by atoms with Gasteiger partial charge in [-0.05, 0) is 66.1 Å². The number of unbranched alkanes of at least 4 members (excludes halogenated alkanes) is 2. The van der Waals surface area contributed by atoms with Crippen LogP contribution in [0.4, 0.5) is 4.79 Å². The Morgan fingerprint density at radius 2 is 1.56 bits per heavy atom. The van der Waals surface area contributed by atoms with Gasteiger partial charge in [0, 0.05) is 32.7 Å². The van der Waals surface area contributed by atoms with E-state index in [0.29, 0.717) is 32.1 Å². The lowest BCUT2D eigenvalue weighted by atomic mass is 10.1. The summed E-state index contributed by atoms with van der Waals surface area (Å²) in [6, 6.07) is 0. The van der Waals surface area contributed by atoms with Crippen LogP contribution >= 0.6 is 0 Å². The van der Waals surface area contributed by atoms with Gasteiger partial charge in [-0.1, -0.05) is 12.8 Å². The second-order valence-corrected chi connectivity index (χ2v) is 8.66. The van der Waals surface area contributed by atoms with Crippen LogP contribution < -0.4 is 5.73 Å². The molecule has 2 aliphatic heterocycles. The standard InChI is InChI=1S/C20H39N5O2/c1-20(2,3)27-19(26)25-16-14-24(15-17-25)18(21)22-10-6-4-7-11-23-12-8-5-9-13-23/h4-17H2,1-3H3,(H2,21,22). The van der Waals surface area contributed by atoms with E-state index >= 15 is 0 Å². The van der Waals surface area contributed by atoms with Gasteiger partial charge in [0.2, 0.25) is 0 Å². The zero-order valence-electron chi connectivity index (χ0n) is 17.6. The molecule has 0 aliphatic carbocycles. The summed E-state index contributed by atoms with van der Waals surface area (Å²) in [5.41, 5.74) is 5.68. The van der Waals surface area contributed by atoms with Crippen LogP contribution in [0.1, 0.15) is 59.3 Å². The van der Waals surface area contributed by atoms with E-state index in [-0.39, 0.29) is 6.09 Å². The van der Waals surface area contributed by atoms with E-state index in [0.717, 1.165) is 13.0 Å². The molecule has 0 aromatic carbocycles. The average molecular weight is 382 g/mol. The SMILES string of the molecule is CC(C)(C)OC(=O)N1CCN(C(N)=NCCCCCN2CCCCC2)CC1. The van der Waals surface area contributed by atoms with E-state index in [1.165, 1.54) is 51.7 Å². The quantitative estimate of drug-likeness (QED) is 0.435. The number of piperidine rings is 1. The van der Waals surface area contributed by atoms with Crippen molar-refractivity contribution < 1.29 is 9.53 Å². The number of likely N-dealkylation sites (tertiary alicyclic amines) is 1. The first-order valence-corrected chi connectivity index (χ1v) is 10.6. The Bertz CT molecular complexity index is 475. The molecule has 2 rings (SSSR count). The van der Waals surface area contributed by atoms with Crippen molar-refractivity contribution in [1.82, 2.24) is 14.7 Å². The summed E-state index contributed by atoms with van der Waals surface area (Å²) in [6.07, 6.45) is 7.43. The van der Waals surface area contributed by atoms with Gasteiger partial charge in [0.25, 0.3) is 0 Å². The fraction of sp³-hybridized carbons (Fsp3) is 0.900. The van der Waals surface area contributed by atoms with Gasteiger partial charge in [-0.3, -0.25) is 4.99 Å². The third-order valence-corrected chi connectivity index (χ3v) is 5.11. The second-order valence-electron chi connectivity index (χ2n) is 8.66. The Labute approximate surface area is 164 Å². The van der Waals surface area contributed by atoms with E-state index in [9.17, 15) is 4.79 Å². The van der Waals surface area contributed by atoms with Crippen molar-refractivity contribution >= 4 is 12.1 Å². The minimum atomic E-state index is -0.456. The highest BCUT2D eigenvalue weighted by Gasteiger charge is 2.26. The van der Waals surface area contributed by atoms with Gasteiger partial charge >= 0.3 is 6.09 Å². The molecule has 0 saturated carbocycles. The molecular weight excluding hydrogens is 342 g/mol. The number of hydrogen-bond acceptors (Lipinski definition) is 4. The van der Waals surface area contributed by atoms with Crippen LogP contribution in [-0.4, -0.2) is 84.7 Å². The topological polar surface area (TPSA) is 74.4 Å². The van der Waals surface area contributed by atoms with E-state index in [2.05, 4.69) is 14.8 Å². The van der Waals surface area contributed by atoms with Crippen molar-refractivity contribution in [3.8, 4) is 0 Å². The highest BCUT2D eigenvalue weighted by molar-refractivity contribution is 5.78. The van der Waals surface area contributed by atoms with Gasteiger partial charge in [-0.15, -0.1) is 0 Å². The number of carbonyl (C=O) groups is 1. The zero-order valence-corrected chi connectivity index (χ0v) is 17.6. The normalized spacial score (nSPS) is 20.0. The molecule has 2 aliphatic rings. The minimum Gasteiger partial charge on any atom is -0.444 e. The van der Waals surface area contributed by atoms with Crippen LogP contribution in [0.2, 0.25) is 0 Å². The van der Waals surface area contributed by atoms with Crippen molar-refractivity contribution in [3.05, 3.63) is 0 Å². The molecule has 2 heterocycles. The first kappa shape index (κ1) is 21.8. The van der Waals surface area contributed by atoms with E-state index in [1.807, 2.05) is 20.8 Å². The van der Waals surface area contributed by atoms with Crippen LogP contribution in [-0.2, 0) is 4.74 Å². The van der Waals surface area contributed by atoms with E-state index in [4.69, 9.17) is 10.5 Å². The molecule has 2 saturated heterocycles. The molecule has 0 radical (unpaired) electrons. The van der Waals surface area contributed by atoms with Crippen LogP contribution in [0.15, 0.2) is 4.99 Å². The molecule has 27 heavy (non-hydrogen) atoms. The third kappa shape index (κ3) is 8.37. The van der Waals surface area contributed by atoms with E-state index in [1.54, 1.807) is 4.90 Å². The zero-order chi connectivity index (χ0) is 19.7. The van der Waals surface area contributed by atoms with Gasteiger partial charge in [-0.25, -0.2) is 4.79 Å². The first-order valence-electron chi connectivity index (χ1n) is 10.6. The minimum absolute atomic E-state index is 0.244. The highest BCUT2D eigenvalue weighted by Crippen LogP contribution is 2.12. The number of ether oxygens (including phenoxy) is 1. The number of piperazine rings is 1. The van der Waals surface area contributed by atoms with Crippen molar-refractivity contribution in [2.75, 3.05) is 52.4 Å². The van der Waals surface area contributed by atoms with Gasteiger partial charge in [-0.2, -0.15) is 0 Å². The van der Waals surface area contributed by atoms with Gasteiger partial charge < -0.3 is 25.2 Å². The molecule has 1 amide bonds. The molecule has 156 valence electrons. The Morgan fingerprint density at radius 1 is 0.926 bits per heavy atom. The Balaban J connectivity index is 1.57. The predicted octanol–water partition coefficient (Wildman–Crippen LogP) is 2.51. The first-order chi connectivity index (χ1) is 12.8. The summed E-state index contributed by atoms with van der Waals surface area (Å²) in [5, 5.41) is 0. The lowest BCUT2D eigenvalue weighted by Gasteiger charge is -2.36. The Morgan fingerprint density at radius 3 is 2.19 bits per heavy atom. The number of rotatable bonds is 6. The molecule has 0 aromatic heterocycles. The fourth-order valence-corrected chi connectivity index (χ4v) is 3.55. The molecule has 0 unspecified atom stereocenters. The van der Waals surface area contributed by atoms with Crippen molar-refractivity contribution in [1.29, 1.82) is 0 Å². The summed E-state index contributed by atoms with van der Waals surface area (Å²) in [7, 11) is 0. The van der Waals surface area contributed by atoms with Gasteiger partial charge in [0.05, 0.1) is 0 Å². The molecule has 2 fully saturated rings. The molecule has 0 spiro atoms. The summed E-state index contributed by atoms with van der Waals surface area (Å²) < 4.78 is 5.42. The van der Waals surface area contributed by atoms with Crippen LogP contribution in [0.25, 0.3) is 0 Å². The molecular formula is C20H39N5O2. The second kappa shape index (κ2) is 10.7. The number of amides is 1. The summed E-state index contributed by atoms with van der Waals surface area (Å²) in [5.74, 6) is 0.606. The van der Waals surface area contributed by atoms with Gasteiger partial charge in [0.1, 0.15) is 5.60 Å². The number of nitrogens with zero attached hydrogens (tertiary/aromatic N) is 4. The maximum Gasteiger partial charge on any atom is 0.410 e. The monoisotopic (exact) mass is 381 g/mol. The summed E-state index contributed by atoms with van der Waals surface area (Å²) in [4.78, 5) is 23.0. The number of aliphatic imine (C=N–C) groups is 1. The highest BCUT2D eigenvalue weighted by atomic mass is 16.6.